The number of benzene rings is 1. The molecule has 0 aliphatic carbocycles. The standard InChI is InChI=1S/C11H12N4O2S/c1-15-11(13-6-14-15)18-5-7-3-2-4-8(12)9(7)10(16)17/h2-4,6H,5,12H2,1H3,(H,16,17). The molecule has 0 spiro atoms. The SMILES string of the molecule is Cn1ncnc1SCc1cccc(N)c1C(=O)O. The highest BCUT2D eigenvalue weighted by atomic mass is 32.2. The van der Waals surface area contributed by atoms with Gasteiger partial charge >= 0.3 is 5.97 Å². The van der Waals surface area contributed by atoms with Crippen LogP contribution >= 0.6 is 11.8 Å². The molecule has 94 valence electrons. The molecule has 1 aromatic heterocycles. The number of hydrogen-bond donors (Lipinski definition) is 2. The Balaban J connectivity index is 2.22. The van der Waals surface area contributed by atoms with Crippen LogP contribution in [0.25, 0.3) is 0 Å². The highest BCUT2D eigenvalue weighted by Crippen LogP contribution is 2.25. The van der Waals surface area contributed by atoms with Gasteiger partial charge in [0.2, 0.25) is 0 Å². The second-order valence-electron chi connectivity index (χ2n) is 3.64. The number of aryl methyl sites for hydroxylation is 1. The number of aromatic nitrogens is 3. The van der Waals surface area contributed by atoms with E-state index in [0.717, 1.165) is 5.16 Å². The number of carboxylic acid groups (broad SMARTS) is 1. The highest BCUT2D eigenvalue weighted by Gasteiger charge is 2.14. The third kappa shape index (κ3) is 2.45. The Morgan fingerprint density at radius 2 is 2.33 bits per heavy atom. The summed E-state index contributed by atoms with van der Waals surface area (Å²) in [6, 6.07) is 5.08. The Morgan fingerprint density at radius 3 is 2.94 bits per heavy atom. The molecule has 0 atom stereocenters. The fourth-order valence-corrected chi connectivity index (χ4v) is 2.44. The van der Waals surface area contributed by atoms with Crippen molar-refractivity contribution in [3.8, 4) is 0 Å². The average molecular weight is 264 g/mol. The summed E-state index contributed by atoms with van der Waals surface area (Å²) in [5, 5.41) is 13.8. The lowest BCUT2D eigenvalue weighted by Gasteiger charge is -2.07. The van der Waals surface area contributed by atoms with Crippen LogP contribution in [0.5, 0.6) is 0 Å². The first kappa shape index (κ1) is 12.4. The van der Waals surface area contributed by atoms with Gasteiger partial charge in [-0.2, -0.15) is 5.10 Å². The fraction of sp³-hybridized carbons (Fsp3) is 0.182. The minimum atomic E-state index is -1.01. The summed E-state index contributed by atoms with van der Waals surface area (Å²) >= 11 is 1.42. The van der Waals surface area contributed by atoms with Crippen LogP contribution in [0.4, 0.5) is 5.69 Å². The summed E-state index contributed by atoms with van der Waals surface area (Å²) in [6.07, 6.45) is 1.46. The van der Waals surface area contributed by atoms with Gasteiger partial charge in [0.25, 0.3) is 0 Å². The van der Waals surface area contributed by atoms with E-state index in [9.17, 15) is 4.79 Å². The van der Waals surface area contributed by atoms with E-state index in [1.807, 2.05) is 0 Å². The predicted octanol–water partition coefficient (Wildman–Crippen LogP) is 1.39. The molecule has 0 aliphatic heterocycles. The van der Waals surface area contributed by atoms with E-state index < -0.39 is 5.97 Å². The van der Waals surface area contributed by atoms with Gasteiger partial charge in [-0.15, -0.1) is 0 Å². The van der Waals surface area contributed by atoms with E-state index in [-0.39, 0.29) is 11.3 Å². The van der Waals surface area contributed by atoms with E-state index in [2.05, 4.69) is 10.1 Å². The van der Waals surface area contributed by atoms with E-state index in [1.54, 1.807) is 29.9 Å². The van der Waals surface area contributed by atoms with Crippen molar-refractivity contribution < 1.29 is 9.90 Å². The molecule has 6 nitrogen and oxygen atoms in total. The van der Waals surface area contributed by atoms with Gasteiger partial charge in [0.05, 0.1) is 5.56 Å². The Hall–Kier alpha value is -2.02. The van der Waals surface area contributed by atoms with Gasteiger partial charge in [0, 0.05) is 18.5 Å². The summed E-state index contributed by atoms with van der Waals surface area (Å²) in [6.45, 7) is 0. The third-order valence-electron chi connectivity index (χ3n) is 2.42. The zero-order chi connectivity index (χ0) is 13.1. The summed E-state index contributed by atoms with van der Waals surface area (Å²) in [7, 11) is 1.78. The maximum atomic E-state index is 11.1. The molecule has 2 aromatic rings. The molecule has 0 saturated heterocycles. The van der Waals surface area contributed by atoms with Crippen molar-refractivity contribution >= 4 is 23.4 Å². The Kier molecular flexibility index (Phi) is 3.52. The van der Waals surface area contributed by atoms with Gasteiger partial charge in [-0.05, 0) is 11.6 Å². The number of aromatic carboxylic acids is 1. The molecule has 0 saturated carbocycles. The predicted molar refractivity (Wildman–Crippen MR) is 68.4 cm³/mol. The number of nitrogen functional groups attached to an aromatic ring is 1. The lowest BCUT2D eigenvalue weighted by Crippen LogP contribution is -2.06. The molecule has 0 fully saturated rings. The first-order valence-corrected chi connectivity index (χ1v) is 6.15. The minimum Gasteiger partial charge on any atom is -0.478 e. The number of rotatable bonds is 4. The molecule has 0 bridgehead atoms. The normalized spacial score (nSPS) is 10.5. The number of nitrogens with zero attached hydrogens (tertiary/aromatic N) is 3. The van der Waals surface area contributed by atoms with Crippen LogP contribution in [0.2, 0.25) is 0 Å². The molecule has 3 N–H and O–H groups in total. The van der Waals surface area contributed by atoms with Crippen molar-refractivity contribution in [3.05, 3.63) is 35.7 Å². The number of carboxylic acids is 1. The van der Waals surface area contributed by atoms with Crippen molar-refractivity contribution in [2.24, 2.45) is 7.05 Å². The van der Waals surface area contributed by atoms with Crippen molar-refractivity contribution in [2.75, 3.05) is 5.73 Å². The van der Waals surface area contributed by atoms with Crippen LogP contribution in [-0.2, 0) is 12.8 Å². The Labute approximate surface area is 108 Å². The molecule has 0 unspecified atom stereocenters. The number of anilines is 1. The Bertz CT molecular complexity index is 582. The van der Waals surface area contributed by atoms with Crippen molar-refractivity contribution in [3.63, 3.8) is 0 Å². The van der Waals surface area contributed by atoms with E-state index in [4.69, 9.17) is 10.8 Å². The van der Waals surface area contributed by atoms with Crippen LogP contribution < -0.4 is 5.73 Å². The fourth-order valence-electron chi connectivity index (χ4n) is 1.56. The smallest absolute Gasteiger partial charge is 0.338 e. The second-order valence-corrected chi connectivity index (χ2v) is 4.58. The van der Waals surface area contributed by atoms with Crippen LogP contribution in [0, 0.1) is 0 Å². The summed E-state index contributed by atoms with van der Waals surface area (Å²) in [5.41, 5.74) is 6.79. The average Bonchev–Trinajstić information content (AvgIpc) is 2.71. The zero-order valence-corrected chi connectivity index (χ0v) is 10.5. The monoisotopic (exact) mass is 264 g/mol. The molecule has 7 heteroatoms. The molecule has 0 radical (unpaired) electrons. The lowest BCUT2D eigenvalue weighted by molar-refractivity contribution is 0.0697. The molecule has 0 amide bonds. The largest absolute Gasteiger partial charge is 0.478 e. The van der Waals surface area contributed by atoms with Gasteiger partial charge in [-0.3, -0.25) is 0 Å². The van der Waals surface area contributed by atoms with Gasteiger partial charge in [0.15, 0.2) is 5.16 Å². The van der Waals surface area contributed by atoms with E-state index in [0.29, 0.717) is 11.3 Å². The molecular weight excluding hydrogens is 252 g/mol. The van der Waals surface area contributed by atoms with Crippen molar-refractivity contribution in [1.29, 1.82) is 0 Å². The molecular formula is C11H12N4O2S. The molecule has 1 heterocycles. The molecule has 0 aliphatic rings. The van der Waals surface area contributed by atoms with E-state index >= 15 is 0 Å². The third-order valence-corrected chi connectivity index (χ3v) is 3.51. The molecule has 1 aromatic carbocycles. The topological polar surface area (TPSA) is 94.0 Å². The first-order chi connectivity index (χ1) is 8.59. The van der Waals surface area contributed by atoms with Crippen LogP contribution in [0.1, 0.15) is 15.9 Å². The van der Waals surface area contributed by atoms with Crippen LogP contribution in [0.3, 0.4) is 0 Å². The molecule has 18 heavy (non-hydrogen) atoms. The first-order valence-electron chi connectivity index (χ1n) is 5.17. The van der Waals surface area contributed by atoms with Gasteiger partial charge in [-0.1, -0.05) is 23.9 Å². The van der Waals surface area contributed by atoms with Gasteiger partial charge in [-0.25, -0.2) is 14.5 Å². The summed E-state index contributed by atoms with van der Waals surface area (Å²) in [5.74, 6) is -0.527. The lowest BCUT2D eigenvalue weighted by atomic mass is 10.1. The summed E-state index contributed by atoms with van der Waals surface area (Å²) in [4.78, 5) is 15.2. The summed E-state index contributed by atoms with van der Waals surface area (Å²) < 4.78 is 1.64. The molecule has 2 rings (SSSR count). The van der Waals surface area contributed by atoms with E-state index in [1.165, 1.54) is 18.1 Å². The Morgan fingerprint density at radius 1 is 1.56 bits per heavy atom. The minimum absolute atomic E-state index is 0.159. The van der Waals surface area contributed by atoms with Crippen LogP contribution in [-0.4, -0.2) is 25.8 Å². The van der Waals surface area contributed by atoms with Gasteiger partial charge in [0.1, 0.15) is 6.33 Å². The quantitative estimate of drug-likeness (QED) is 0.640. The van der Waals surface area contributed by atoms with Crippen LogP contribution in [0.15, 0.2) is 29.7 Å². The zero-order valence-electron chi connectivity index (χ0n) is 9.70. The maximum absolute atomic E-state index is 11.1. The highest BCUT2D eigenvalue weighted by molar-refractivity contribution is 7.98. The van der Waals surface area contributed by atoms with Gasteiger partial charge < -0.3 is 10.8 Å². The number of hydrogen-bond acceptors (Lipinski definition) is 5. The van der Waals surface area contributed by atoms with Crippen molar-refractivity contribution in [1.82, 2.24) is 14.8 Å². The second kappa shape index (κ2) is 5.09. The number of carbonyl (C=O) groups is 1. The number of nitrogens with two attached hydrogens (primary N) is 1. The maximum Gasteiger partial charge on any atom is 0.338 e. The van der Waals surface area contributed by atoms with Crippen molar-refractivity contribution in [2.45, 2.75) is 10.9 Å². The number of thioether (sulfide) groups is 1.